The second-order valence-corrected chi connectivity index (χ2v) is 5.52. The molecule has 0 atom stereocenters. The lowest BCUT2D eigenvalue weighted by molar-refractivity contribution is 0.130. The molecule has 21 heavy (non-hydrogen) atoms. The Bertz CT molecular complexity index is 633. The van der Waals surface area contributed by atoms with E-state index < -0.39 is 0 Å². The van der Waals surface area contributed by atoms with Crippen LogP contribution in [0.4, 0.5) is 0 Å². The lowest BCUT2D eigenvalue weighted by Gasteiger charge is -2.07. The Kier molecular flexibility index (Phi) is 5.66. The van der Waals surface area contributed by atoms with Crippen molar-refractivity contribution in [3.05, 3.63) is 69.2 Å². The molecular weight excluding hydrogens is 305 g/mol. The Balaban J connectivity index is 2.07. The van der Waals surface area contributed by atoms with Crippen LogP contribution in [0.15, 0.2) is 47.6 Å². The normalized spacial score (nSPS) is 11.5. The molecule has 0 fully saturated rings. The maximum absolute atomic E-state index is 6.09. The van der Waals surface area contributed by atoms with Crippen molar-refractivity contribution in [1.29, 1.82) is 0 Å². The quantitative estimate of drug-likeness (QED) is 0.526. The highest BCUT2D eigenvalue weighted by Gasteiger charge is 2.06. The molecule has 0 radical (unpaired) electrons. The predicted molar refractivity (Wildman–Crippen MR) is 89.3 cm³/mol. The van der Waals surface area contributed by atoms with Gasteiger partial charge in [0.05, 0.1) is 5.71 Å². The fourth-order valence-electron chi connectivity index (χ4n) is 1.93. The third kappa shape index (κ3) is 4.23. The summed E-state index contributed by atoms with van der Waals surface area (Å²) in [6.07, 6.45) is 0.997. The lowest BCUT2D eigenvalue weighted by Crippen LogP contribution is -1.98. The molecule has 0 saturated heterocycles. The molecule has 2 rings (SSSR count). The molecule has 0 aliphatic rings. The van der Waals surface area contributed by atoms with Gasteiger partial charge in [-0.1, -0.05) is 59.5 Å². The van der Waals surface area contributed by atoms with E-state index in [9.17, 15) is 0 Å². The van der Waals surface area contributed by atoms with Gasteiger partial charge in [0.2, 0.25) is 0 Å². The van der Waals surface area contributed by atoms with Gasteiger partial charge in [0, 0.05) is 15.6 Å². The average Bonchev–Trinajstić information content (AvgIpc) is 2.50. The van der Waals surface area contributed by atoms with E-state index in [1.165, 1.54) is 5.56 Å². The van der Waals surface area contributed by atoms with E-state index in [1.54, 1.807) is 18.2 Å². The third-order valence-electron chi connectivity index (χ3n) is 3.23. The van der Waals surface area contributed by atoms with Gasteiger partial charge in [-0.25, -0.2) is 0 Å². The van der Waals surface area contributed by atoms with Crippen molar-refractivity contribution < 1.29 is 4.84 Å². The minimum Gasteiger partial charge on any atom is -0.391 e. The molecule has 2 aromatic rings. The predicted octanol–water partition coefficient (Wildman–Crippen LogP) is 5.50. The smallest absolute Gasteiger partial charge is 0.145 e. The van der Waals surface area contributed by atoms with Crippen molar-refractivity contribution in [3.8, 4) is 0 Å². The molecule has 2 nitrogen and oxygen atoms in total. The Morgan fingerprint density at radius 3 is 2.43 bits per heavy atom. The average molecular weight is 322 g/mol. The summed E-state index contributed by atoms with van der Waals surface area (Å²) in [7, 11) is 0. The topological polar surface area (TPSA) is 21.6 Å². The van der Waals surface area contributed by atoms with Crippen LogP contribution in [0.3, 0.4) is 0 Å². The van der Waals surface area contributed by atoms with Gasteiger partial charge in [-0.3, -0.25) is 0 Å². The van der Waals surface area contributed by atoms with Crippen LogP contribution in [0.2, 0.25) is 10.0 Å². The SMILES string of the molecule is CCc1cccc(/C(C)=N/OCc2c(Cl)cccc2Cl)c1. The number of oxime groups is 1. The molecule has 0 aliphatic carbocycles. The second kappa shape index (κ2) is 7.48. The fourth-order valence-corrected chi connectivity index (χ4v) is 2.44. The van der Waals surface area contributed by atoms with E-state index in [0.717, 1.165) is 23.3 Å². The van der Waals surface area contributed by atoms with Crippen molar-refractivity contribution in [1.82, 2.24) is 0 Å². The van der Waals surface area contributed by atoms with Crippen LogP contribution in [-0.4, -0.2) is 5.71 Å². The highest BCUT2D eigenvalue weighted by Crippen LogP contribution is 2.25. The molecule has 0 aliphatic heterocycles. The molecule has 0 bridgehead atoms. The molecule has 110 valence electrons. The first kappa shape index (κ1) is 15.9. The van der Waals surface area contributed by atoms with Crippen molar-refractivity contribution in [3.63, 3.8) is 0 Å². The summed E-state index contributed by atoms with van der Waals surface area (Å²) in [5.74, 6) is 0. The standard InChI is InChI=1S/C17H17Cl2NO/c1-3-13-6-4-7-14(10-13)12(2)20-21-11-15-16(18)8-5-9-17(15)19/h4-10H,3,11H2,1-2H3/b20-12+. The Morgan fingerprint density at radius 1 is 1.10 bits per heavy atom. The van der Waals surface area contributed by atoms with Gasteiger partial charge in [-0.15, -0.1) is 0 Å². The van der Waals surface area contributed by atoms with Crippen LogP contribution in [0.5, 0.6) is 0 Å². The molecule has 4 heteroatoms. The van der Waals surface area contributed by atoms with E-state index in [-0.39, 0.29) is 6.61 Å². The van der Waals surface area contributed by atoms with Gasteiger partial charge in [0.15, 0.2) is 0 Å². The molecule has 0 spiro atoms. The van der Waals surface area contributed by atoms with E-state index in [1.807, 2.05) is 19.1 Å². The van der Waals surface area contributed by atoms with E-state index >= 15 is 0 Å². The molecule has 0 amide bonds. The number of aryl methyl sites for hydroxylation is 1. The van der Waals surface area contributed by atoms with Crippen LogP contribution in [0.1, 0.15) is 30.5 Å². The molecular formula is C17H17Cl2NO. The van der Waals surface area contributed by atoms with E-state index in [0.29, 0.717) is 10.0 Å². The Morgan fingerprint density at radius 2 is 1.76 bits per heavy atom. The number of hydrogen-bond donors (Lipinski definition) is 0. The summed E-state index contributed by atoms with van der Waals surface area (Å²) in [4.78, 5) is 5.39. The minimum absolute atomic E-state index is 0.253. The highest BCUT2D eigenvalue weighted by atomic mass is 35.5. The zero-order valence-electron chi connectivity index (χ0n) is 12.1. The van der Waals surface area contributed by atoms with Crippen molar-refractivity contribution in [2.45, 2.75) is 26.9 Å². The monoisotopic (exact) mass is 321 g/mol. The van der Waals surface area contributed by atoms with Gasteiger partial charge in [0.1, 0.15) is 6.61 Å². The number of nitrogens with zero attached hydrogens (tertiary/aromatic N) is 1. The second-order valence-electron chi connectivity index (χ2n) is 4.70. The van der Waals surface area contributed by atoms with Crippen LogP contribution >= 0.6 is 23.2 Å². The summed E-state index contributed by atoms with van der Waals surface area (Å²) in [6.45, 7) is 4.30. The van der Waals surface area contributed by atoms with Gasteiger partial charge >= 0.3 is 0 Å². The van der Waals surface area contributed by atoms with Gasteiger partial charge in [-0.05, 0) is 42.7 Å². The fraction of sp³-hybridized carbons (Fsp3) is 0.235. The number of hydrogen-bond acceptors (Lipinski definition) is 2. The van der Waals surface area contributed by atoms with Crippen LogP contribution < -0.4 is 0 Å². The number of benzene rings is 2. The van der Waals surface area contributed by atoms with Crippen molar-refractivity contribution in [2.75, 3.05) is 0 Å². The molecule has 0 heterocycles. The lowest BCUT2D eigenvalue weighted by atomic mass is 10.1. The summed E-state index contributed by atoms with van der Waals surface area (Å²) in [6, 6.07) is 13.6. The molecule has 2 aromatic carbocycles. The number of halogens is 2. The van der Waals surface area contributed by atoms with Crippen LogP contribution in [-0.2, 0) is 17.9 Å². The zero-order valence-corrected chi connectivity index (χ0v) is 13.6. The first-order valence-electron chi connectivity index (χ1n) is 6.80. The Labute approximate surface area is 135 Å². The zero-order chi connectivity index (χ0) is 15.2. The highest BCUT2D eigenvalue weighted by molar-refractivity contribution is 6.35. The van der Waals surface area contributed by atoms with Crippen LogP contribution in [0, 0.1) is 0 Å². The molecule has 0 N–H and O–H groups in total. The van der Waals surface area contributed by atoms with Gasteiger partial charge in [-0.2, -0.15) is 0 Å². The summed E-state index contributed by atoms with van der Waals surface area (Å²) >= 11 is 12.2. The summed E-state index contributed by atoms with van der Waals surface area (Å²) < 4.78 is 0. The van der Waals surface area contributed by atoms with Crippen molar-refractivity contribution in [2.24, 2.45) is 5.16 Å². The van der Waals surface area contributed by atoms with Gasteiger partial charge < -0.3 is 4.84 Å². The first-order chi connectivity index (χ1) is 10.1. The van der Waals surface area contributed by atoms with Crippen LogP contribution in [0.25, 0.3) is 0 Å². The number of rotatable bonds is 5. The van der Waals surface area contributed by atoms with Gasteiger partial charge in [0.25, 0.3) is 0 Å². The van der Waals surface area contributed by atoms with E-state index in [4.69, 9.17) is 28.0 Å². The molecule has 0 saturated carbocycles. The maximum atomic E-state index is 6.09. The molecule has 0 aromatic heterocycles. The molecule has 0 unspecified atom stereocenters. The maximum Gasteiger partial charge on any atom is 0.145 e. The first-order valence-corrected chi connectivity index (χ1v) is 7.56. The Hall–Kier alpha value is -1.51. The summed E-state index contributed by atoms with van der Waals surface area (Å²) in [5, 5.41) is 5.32. The van der Waals surface area contributed by atoms with Crippen molar-refractivity contribution >= 4 is 28.9 Å². The third-order valence-corrected chi connectivity index (χ3v) is 3.93. The van der Waals surface area contributed by atoms with E-state index in [2.05, 4.69) is 24.2 Å². The summed E-state index contributed by atoms with van der Waals surface area (Å²) in [5.41, 5.74) is 3.91. The minimum atomic E-state index is 0.253. The largest absolute Gasteiger partial charge is 0.391 e.